The Morgan fingerprint density at radius 2 is 2.00 bits per heavy atom. The summed E-state index contributed by atoms with van der Waals surface area (Å²) in [7, 11) is 0. The van der Waals surface area contributed by atoms with Crippen molar-refractivity contribution in [3.05, 3.63) is 0 Å². The number of alkyl halides is 1. The fourth-order valence-corrected chi connectivity index (χ4v) is 1.37. The number of hydrogen-bond donors (Lipinski definition) is 1. The van der Waals surface area contributed by atoms with Crippen molar-refractivity contribution in [2.24, 2.45) is 5.92 Å². The SMILES string of the molecule is CCC(CCCCCl)C(=O)C(=O)O. The second-order valence-corrected chi connectivity index (χ2v) is 3.34. The third-order valence-corrected chi connectivity index (χ3v) is 2.28. The molecule has 0 aliphatic carbocycles. The summed E-state index contributed by atoms with van der Waals surface area (Å²) < 4.78 is 0. The van der Waals surface area contributed by atoms with Crippen LogP contribution in [0.5, 0.6) is 0 Å². The Bertz CT molecular complexity index is 180. The molecule has 0 aromatic rings. The van der Waals surface area contributed by atoms with Gasteiger partial charge in [0.2, 0.25) is 5.78 Å². The van der Waals surface area contributed by atoms with Gasteiger partial charge in [-0.15, -0.1) is 11.6 Å². The smallest absolute Gasteiger partial charge is 0.372 e. The van der Waals surface area contributed by atoms with Gasteiger partial charge in [0.1, 0.15) is 0 Å². The average molecular weight is 207 g/mol. The third-order valence-electron chi connectivity index (χ3n) is 2.01. The van der Waals surface area contributed by atoms with Crippen LogP contribution in [0.1, 0.15) is 32.6 Å². The van der Waals surface area contributed by atoms with E-state index >= 15 is 0 Å². The predicted octanol–water partition coefficient (Wildman–Crippen LogP) is 2.08. The molecule has 0 fully saturated rings. The molecule has 0 aromatic carbocycles. The van der Waals surface area contributed by atoms with Crippen LogP contribution >= 0.6 is 11.6 Å². The van der Waals surface area contributed by atoms with Gasteiger partial charge >= 0.3 is 5.97 Å². The molecule has 0 aliphatic heterocycles. The standard InChI is InChI=1S/C9H15ClO3/c1-2-7(5-3-4-6-10)8(11)9(12)13/h7H,2-6H2,1H3,(H,12,13). The van der Waals surface area contributed by atoms with Gasteiger partial charge in [0, 0.05) is 11.8 Å². The van der Waals surface area contributed by atoms with E-state index in [4.69, 9.17) is 16.7 Å². The maximum absolute atomic E-state index is 11.0. The summed E-state index contributed by atoms with van der Waals surface area (Å²) in [6.07, 6.45) is 2.88. The molecule has 0 saturated heterocycles. The molecule has 1 atom stereocenters. The quantitative estimate of drug-likeness (QED) is 0.394. The van der Waals surface area contributed by atoms with Gasteiger partial charge in [-0.2, -0.15) is 0 Å². The number of carbonyl (C=O) groups is 2. The summed E-state index contributed by atoms with van der Waals surface area (Å²) in [5.74, 6) is -1.76. The highest BCUT2D eigenvalue weighted by Crippen LogP contribution is 2.14. The van der Waals surface area contributed by atoms with Crippen LogP contribution in [0.3, 0.4) is 0 Å². The van der Waals surface area contributed by atoms with Crippen molar-refractivity contribution in [2.45, 2.75) is 32.6 Å². The van der Waals surface area contributed by atoms with E-state index in [2.05, 4.69) is 0 Å². The number of aliphatic carboxylic acids is 1. The average Bonchev–Trinajstić information content (AvgIpc) is 2.11. The first-order valence-corrected chi connectivity index (χ1v) is 5.00. The molecular formula is C9H15ClO3. The number of carboxylic acids is 1. The van der Waals surface area contributed by atoms with Crippen LogP contribution in [0.2, 0.25) is 0 Å². The van der Waals surface area contributed by atoms with Crippen molar-refractivity contribution in [1.29, 1.82) is 0 Å². The van der Waals surface area contributed by atoms with Crippen LogP contribution in [-0.4, -0.2) is 22.7 Å². The van der Waals surface area contributed by atoms with Crippen LogP contribution in [0.15, 0.2) is 0 Å². The number of ketones is 1. The Morgan fingerprint density at radius 3 is 2.38 bits per heavy atom. The van der Waals surface area contributed by atoms with E-state index in [1.165, 1.54) is 0 Å². The minimum Gasteiger partial charge on any atom is -0.475 e. The predicted molar refractivity (Wildman–Crippen MR) is 51.0 cm³/mol. The van der Waals surface area contributed by atoms with Crippen LogP contribution in [-0.2, 0) is 9.59 Å². The number of unbranched alkanes of at least 4 members (excludes halogenated alkanes) is 1. The van der Waals surface area contributed by atoms with Gasteiger partial charge in [0.25, 0.3) is 0 Å². The van der Waals surface area contributed by atoms with Crippen molar-refractivity contribution in [3.63, 3.8) is 0 Å². The lowest BCUT2D eigenvalue weighted by molar-refractivity contribution is -0.151. The Morgan fingerprint density at radius 1 is 1.38 bits per heavy atom. The van der Waals surface area contributed by atoms with E-state index in [0.29, 0.717) is 18.7 Å². The second-order valence-electron chi connectivity index (χ2n) is 2.96. The first-order chi connectivity index (χ1) is 6.13. The molecule has 0 amide bonds. The monoisotopic (exact) mass is 206 g/mol. The van der Waals surface area contributed by atoms with Gasteiger partial charge in [-0.3, -0.25) is 4.79 Å². The Hall–Kier alpha value is -0.570. The van der Waals surface area contributed by atoms with Crippen molar-refractivity contribution >= 4 is 23.4 Å². The molecule has 3 nitrogen and oxygen atoms in total. The van der Waals surface area contributed by atoms with Gasteiger partial charge in [-0.25, -0.2) is 4.79 Å². The van der Waals surface area contributed by atoms with E-state index in [0.717, 1.165) is 12.8 Å². The zero-order valence-corrected chi connectivity index (χ0v) is 8.51. The van der Waals surface area contributed by atoms with Crippen LogP contribution < -0.4 is 0 Å². The highest BCUT2D eigenvalue weighted by atomic mass is 35.5. The zero-order valence-electron chi connectivity index (χ0n) is 7.75. The van der Waals surface area contributed by atoms with Crippen LogP contribution in [0, 0.1) is 5.92 Å². The Labute approximate surface area is 83.1 Å². The van der Waals surface area contributed by atoms with Gasteiger partial charge in [-0.1, -0.05) is 13.3 Å². The Kier molecular flexibility index (Phi) is 6.59. The molecule has 0 bridgehead atoms. The Balaban J connectivity index is 3.88. The zero-order chi connectivity index (χ0) is 10.3. The normalized spacial score (nSPS) is 12.5. The molecule has 1 unspecified atom stereocenters. The molecule has 0 aromatic heterocycles. The molecule has 0 radical (unpaired) electrons. The van der Waals surface area contributed by atoms with Crippen molar-refractivity contribution in [2.75, 3.05) is 5.88 Å². The number of rotatable bonds is 7. The molecule has 1 N–H and O–H groups in total. The van der Waals surface area contributed by atoms with E-state index in [-0.39, 0.29) is 5.92 Å². The second kappa shape index (κ2) is 6.89. The highest BCUT2D eigenvalue weighted by Gasteiger charge is 2.22. The molecule has 13 heavy (non-hydrogen) atoms. The van der Waals surface area contributed by atoms with Crippen molar-refractivity contribution < 1.29 is 14.7 Å². The summed E-state index contributed by atoms with van der Waals surface area (Å²) in [6, 6.07) is 0. The van der Waals surface area contributed by atoms with Crippen LogP contribution in [0.4, 0.5) is 0 Å². The summed E-state index contributed by atoms with van der Waals surface area (Å²) >= 11 is 5.47. The first-order valence-electron chi connectivity index (χ1n) is 4.46. The van der Waals surface area contributed by atoms with Crippen LogP contribution in [0.25, 0.3) is 0 Å². The molecule has 0 saturated carbocycles. The minimum atomic E-state index is -1.32. The molecule has 0 rings (SSSR count). The summed E-state index contributed by atoms with van der Waals surface area (Å²) in [6.45, 7) is 1.83. The summed E-state index contributed by atoms with van der Waals surface area (Å²) in [4.78, 5) is 21.4. The largest absolute Gasteiger partial charge is 0.475 e. The lowest BCUT2D eigenvalue weighted by Crippen LogP contribution is -2.22. The molecule has 0 heterocycles. The fraction of sp³-hybridized carbons (Fsp3) is 0.778. The van der Waals surface area contributed by atoms with Gasteiger partial charge in [0.15, 0.2) is 0 Å². The maximum Gasteiger partial charge on any atom is 0.372 e. The van der Waals surface area contributed by atoms with Gasteiger partial charge in [0.05, 0.1) is 0 Å². The molecule has 76 valence electrons. The van der Waals surface area contributed by atoms with Crippen molar-refractivity contribution in [3.8, 4) is 0 Å². The maximum atomic E-state index is 11.0. The lowest BCUT2D eigenvalue weighted by Gasteiger charge is -2.09. The van der Waals surface area contributed by atoms with Gasteiger partial charge < -0.3 is 5.11 Å². The van der Waals surface area contributed by atoms with E-state index < -0.39 is 11.8 Å². The lowest BCUT2D eigenvalue weighted by atomic mass is 9.95. The number of carboxylic acid groups (broad SMARTS) is 1. The highest BCUT2D eigenvalue weighted by molar-refractivity contribution is 6.33. The molecule has 0 spiro atoms. The first kappa shape index (κ1) is 12.4. The van der Waals surface area contributed by atoms with E-state index in [1.807, 2.05) is 6.92 Å². The number of carbonyl (C=O) groups excluding carboxylic acids is 1. The van der Waals surface area contributed by atoms with Gasteiger partial charge in [-0.05, 0) is 19.3 Å². The summed E-state index contributed by atoms with van der Waals surface area (Å²) in [5.41, 5.74) is 0. The number of hydrogen-bond acceptors (Lipinski definition) is 2. The van der Waals surface area contributed by atoms with E-state index in [1.54, 1.807) is 0 Å². The molecule has 0 aliphatic rings. The topological polar surface area (TPSA) is 54.4 Å². The minimum absolute atomic E-state index is 0.333. The fourth-order valence-electron chi connectivity index (χ4n) is 1.18. The van der Waals surface area contributed by atoms with E-state index in [9.17, 15) is 9.59 Å². The summed E-state index contributed by atoms with van der Waals surface area (Å²) in [5, 5.41) is 8.46. The molecule has 4 heteroatoms. The number of halogens is 1. The molecular weight excluding hydrogens is 192 g/mol. The third kappa shape index (κ3) is 4.88. The van der Waals surface area contributed by atoms with Crippen molar-refractivity contribution in [1.82, 2.24) is 0 Å². The number of Topliss-reactive ketones (excluding diaryl/α,β-unsaturated/α-hetero) is 1.